The number of aryl methyl sites for hydroxylation is 1. The van der Waals surface area contributed by atoms with Gasteiger partial charge >= 0.3 is 0 Å². The van der Waals surface area contributed by atoms with Crippen LogP contribution < -0.4 is 0 Å². The van der Waals surface area contributed by atoms with Crippen LogP contribution in [-0.4, -0.2) is 40.6 Å². The van der Waals surface area contributed by atoms with Crippen LogP contribution in [0.1, 0.15) is 78.2 Å². The quantitative estimate of drug-likeness (QED) is 0.911. The second kappa shape index (κ2) is 6.89. The molecule has 1 amide bonds. The Labute approximate surface area is 142 Å². The summed E-state index contributed by atoms with van der Waals surface area (Å²) < 4.78 is 0. The second-order valence-electron chi connectivity index (χ2n) is 7.25. The summed E-state index contributed by atoms with van der Waals surface area (Å²) in [6, 6.07) is 0. The number of hydrogen-bond donors (Lipinski definition) is 1. The number of carbonyl (C=O) groups is 1. The van der Waals surface area contributed by atoms with E-state index in [-0.39, 0.29) is 17.9 Å². The van der Waals surface area contributed by atoms with Crippen LogP contribution in [0, 0.1) is 12.3 Å². The molecule has 1 saturated carbocycles. The van der Waals surface area contributed by atoms with E-state index in [9.17, 15) is 9.90 Å². The van der Waals surface area contributed by atoms with E-state index in [1.807, 2.05) is 11.8 Å². The zero-order valence-electron chi connectivity index (χ0n) is 14.3. The molecule has 1 aromatic rings. The van der Waals surface area contributed by atoms with Crippen LogP contribution in [0.15, 0.2) is 0 Å². The minimum absolute atomic E-state index is 0.0224. The van der Waals surface area contributed by atoms with Crippen LogP contribution in [0.3, 0.4) is 0 Å². The van der Waals surface area contributed by atoms with E-state index in [0.29, 0.717) is 5.92 Å². The minimum atomic E-state index is 0.0224. The first kappa shape index (κ1) is 16.9. The van der Waals surface area contributed by atoms with Gasteiger partial charge in [0.1, 0.15) is 4.88 Å². The number of aliphatic hydroxyl groups excluding tert-OH is 1. The lowest BCUT2D eigenvalue weighted by molar-refractivity contribution is 0.0340. The first-order valence-corrected chi connectivity index (χ1v) is 9.77. The van der Waals surface area contributed by atoms with Crippen molar-refractivity contribution in [3.8, 4) is 0 Å². The Hall–Kier alpha value is -0.940. The summed E-state index contributed by atoms with van der Waals surface area (Å²) in [5.41, 5.74) is 0.922. The molecule has 3 rings (SSSR count). The highest BCUT2D eigenvalue weighted by molar-refractivity contribution is 7.13. The third kappa shape index (κ3) is 3.31. The SMILES string of the molecule is CCC1(CO)CCN(C(=O)c2sc(C3CCCC3)nc2C)CC1. The molecule has 5 heteroatoms. The summed E-state index contributed by atoms with van der Waals surface area (Å²) in [6.45, 7) is 5.84. The van der Waals surface area contributed by atoms with E-state index >= 15 is 0 Å². The summed E-state index contributed by atoms with van der Waals surface area (Å²) in [5, 5.41) is 10.8. The molecule has 0 unspecified atom stereocenters. The largest absolute Gasteiger partial charge is 0.396 e. The van der Waals surface area contributed by atoms with Crippen molar-refractivity contribution in [2.24, 2.45) is 5.41 Å². The highest BCUT2D eigenvalue weighted by Gasteiger charge is 2.35. The molecule has 0 bridgehead atoms. The van der Waals surface area contributed by atoms with Crippen LogP contribution in [0.25, 0.3) is 0 Å². The third-order valence-corrected chi connectivity index (χ3v) is 7.22. The number of rotatable bonds is 4. The molecule has 4 nitrogen and oxygen atoms in total. The van der Waals surface area contributed by atoms with Crippen molar-refractivity contribution < 1.29 is 9.90 Å². The molecule has 1 aromatic heterocycles. The van der Waals surface area contributed by atoms with Crippen molar-refractivity contribution in [3.63, 3.8) is 0 Å². The van der Waals surface area contributed by atoms with Crippen molar-refractivity contribution in [1.29, 1.82) is 0 Å². The van der Waals surface area contributed by atoms with Crippen LogP contribution in [0.2, 0.25) is 0 Å². The molecule has 0 spiro atoms. The Bertz CT molecular complexity index is 549. The van der Waals surface area contributed by atoms with E-state index in [4.69, 9.17) is 4.98 Å². The molecule has 2 fully saturated rings. The van der Waals surface area contributed by atoms with Gasteiger partial charge in [-0.25, -0.2) is 4.98 Å². The average Bonchev–Trinajstić information content (AvgIpc) is 3.24. The van der Waals surface area contributed by atoms with Crippen molar-refractivity contribution in [3.05, 3.63) is 15.6 Å². The van der Waals surface area contributed by atoms with E-state index in [1.165, 1.54) is 30.7 Å². The number of thiazole rings is 1. The normalized spacial score (nSPS) is 21.8. The number of nitrogens with zero attached hydrogens (tertiary/aromatic N) is 2. The van der Waals surface area contributed by atoms with Gasteiger partial charge in [0.05, 0.1) is 10.7 Å². The monoisotopic (exact) mass is 336 g/mol. The standard InChI is InChI=1S/C18H28N2O2S/c1-3-18(12-21)8-10-20(11-9-18)17(22)15-13(2)19-16(23-15)14-6-4-5-7-14/h14,21H,3-12H2,1-2H3. The fourth-order valence-electron chi connectivity index (χ4n) is 3.91. The Morgan fingerprint density at radius 2 is 2.00 bits per heavy atom. The van der Waals surface area contributed by atoms with Gasteiger partial charge in [0.15, 0.2) is 0 Å². The van der Waals surface area contributed by atoms with Crippen molar-refractivity contribution in [2.75, 3.05) is 19.7 Å². The first-order chi connectivity index (χ1) is 11.1. The zero-order valence-corrected chi connectivity index (χ0v) is 15.1. The Balaban J connectivity index is 1.69. The van der Waals surface area contributed by atoms with Crippen molar-refractivity contribution in [2.45, 2.75) is 64.7 Å². The number of carbonyl (C=O) groups excluding carboxylic acids is 1. The molecule has 1 saturated heterocycles. The van der Waals surface area contributed by atoms with E-state index < -0.39 is 0 Å². The van der Waals surface area contributed by atoms with E-state index in [0.717, 1.165) is 42.9 Å². The fraction of sp³-hybridized carbons (Fsp3) is 0.778. The summed E-state index contributed by atoms with van der Waals surface area (Å²) in [4.78, 5) is 20.4. The van der Waals surface area contributed by atoms with Crippen molar-refractivity contribution >= 4 is 17.2 Å². The van der Waals surface area contributed by atoms with Gasteiger partial charge < -0.3 is 10.0 Å². The molecule has 23 heavy (non-hydrogen) atoms. The fourth-order valence-corrected chi connectivity index (χ4v) is 5.12. The molecule has 1 aliphatic carbocycles. The summed E-state index contributed by atoms with van der Waals surface area (Å²) >= 11 is 1.62. The van der Waals surface area contributed by atoms with Gasteiger partial charge in [-0.15, -0.1) is 11.3 Å². The molecule has 2 aliphatic rings. The molecule has 0 aromatic carbocycles. The number of piperidine rings is 1. The predicted molar refractivity (Wildman–Crippen MR) is 93.0 cm³/mol. The summed E-state index contributed by atoms with van der Waals surface area (Å²) in [6.07, 6.45) is 7.81. The highest BCUT2D eigenvalue weighted by atomic mass is 32.1. The predicted octanol–water partition coefficient (Wildman–Crippen LogP) is 3.73. The van der Waals surface area contributed by atoms with E-state index in [1.54, 1.807) is 11.3 Å². The maximum Gasteiger partial charge on any atom is 0.265 e. The van der Waals surface area contributed by atoms with Gasteiger partial charge in [0.2, 0.25) is 0 Å². The van der Waals surface area contributed by atoms with Gasteiger partial charge in [-0.3, -0.25) is 4.79 Å². The second-order valence-corrected chi connectivity index (χ2v) is 8.28. The zero-order chi connectivity index (χ0) is 16.4. The average molecular weight is 337 g/mol. The molecule has 1 N–H and O–H groups in total. The molecule has 1 aliphatic heterocycles. The van der Waals surface area contributed by atoms with Gasteiger partial charge in [-0.05, 0) is 44.4 Å². The maximum atomic E-state index is 12.9. The lowest BCUT2D eigenvalue weighted by Gasteiger charge is -2.40. The van der Waals surface area contributed by atoms with Crippen LogP contribution in [0.5, 0.6) is 0 Å². The van der Waals surface area contributed by atoms with Gasteiger partial charge in [-0.1, -0.05) is 19.8 Å². The number of aromatic nitrogens is 1. The maximum absolute atomic E-state index is 12.9. The summed E-state index contributed by atoms with van der Waals surface area (Å²) in [5.74, 6) is 0.718. The lowest BCUT2D eigenvalue weighted by Crippen LogP contribution is -2.44. The van der Waals surface area contributed by atoms with Gasteiger partial charge in [0, 0.05) is 25.6 Å². The van der Waals surface area contributed by atoms with E-state index in [2.05, 4.69) is 6.92 Å². The topological polar surface area (TPSA) is 53.4 Å². The molecular weight excluding hydrogens is 308 g/mol. The number of likely N-dealkylation sites (tertiary alicyclic amines) is 1. The number of aliphatic hydroxyl groups is 1. The Morgan fingerprint density at radius 1 is 1.35 bits per heavy atom. The number of hydrogen-bond acceptors (Lipinski definition) is 4. The van der Waals surface area contributed by atoms with Crippen LogP contribution >= 0.6 is 11.3 Å². The van der Waals surface area contributed by atoms with Crippen LogP contribution in [-0.2, 0) is 0 Å². The molecule has 128 valence electrons. The Morgan fingerprint density at radius 3 is 2.57 bits per heavy atom. The highest BCUT2D eigenvalue weighted by Crippen LogP contribution is 2.38. The smallest absolute Gasteiger partial charge is 0.265 e. The van der Waals surface area contributed by atoms with Gasteiger partial charge in [-0.2, -0.15) is 0 Å². The lowest BCUT2D eigenvalue weighted by atomic mass is 9.77. The summed E-state index contributed by atoms with van der Waals surface area (Å²) in [7, 11) is 0. The first-order valence-electron chi connectivity index (χ1n) is 8.96. The molecule has 0 radical (unpaired) electrons. The Kier molecular flexibility index (Phi) is 5.07. The minimum Gasteiger partial charge on any atom is -0.396 e. The van der Waals surface area contributed by atoms with Gasteiger partial charge in [0.25, 0.3) is 5.91 Å². The number of amides is 1. The van der Waals surface area contributed by atoms with Crippen LogP contribution in [0.4, 0.5) is 0 Å². The van der Waals surface area contributed by atoms with Crippen molar-refractivity contribution in [1.82, 2.24) is 9.88 Å². The third-order valence-electron chi connectivity index (χ3n) is 5.91. The molecular formula is C18H28N2O2S. The molecule has 2 heterocycles. The molecule has 0 atom stereocenters.